The number of esters is 1. The van der Waals surface area contributed by atoms with Crippen LogP contribution in [-0.4, -0.2) is 35.4 Å². The maximum Gasteiger partial charge on any atom is 0.337 e. The number of hydrogen-bond acceptors (Lipinski definition) is 5. The second-order valence-corrected chi connectivity index (χ2v) is 5.32. The van der Waals surface area contributed by atoms with Gasteiger partial charge in [0.25, 0.3) is 0 Å². The minimum Gasteiger partial charge on any atom is -0.465 e. The average molecular weight is 328 g/mol. The van der Waals surface area contributed by atoms with E-state index in [0.29, 0.717) is 18.4 Å². The zero-order chi connectivity index (χ0) is 17.5. The molecular formula is C17H20N4O3. The summed E-state index contributed by atoms with van der Waals surface area (Å²) in [6, 6.07) is 6.72. The third-order valence-corrected chi connectivity index (χ3v) is 3.62. The fourth-order valence-electron chi connectivity index (χ4n) is 2.24. The maximum atomic E-state index is 11.8. The van der Waals surface area contributed by atoms with E-state index in [2.05, 4.69) is 25.5 Å². The van der Waals surface area contributed by atoms with Crippen LogP contribution in [0.15, 0.2) is 29.4 Å². The smallest absolute Gasteiger partial charge is 0.337 e. The van der Waals surface area contributed by atoms with E-state index in [0.717, 1.165) is 22.5 Å². The van der Waals surface area contributed by atoms with Gasteiger partial charge in [-0.25, -0.2) is 10.2 Å². The van der Waals surface area contributed by atoms with E-state index in [1.165, 1.54) is 13.3 Å². The molecule has 0 saturated heterocycles. The largest absolute Gasteiger partial charge is 0.465 e. The highest BCUT2D eigenvalue weighted by atomic mass is 16.5. The number of benzene rings is 1. The van der Waals surface area contributed by atoms with E-state index >= 15 is 0 Å². The number of hydrogen-bond donors (Lipinski definition) is 2. The summed E-state index contributed by atoms with van der Waals surface area (Å²) in [5.41, 5.74) is 6.68. The highest BCUT2D eigenvalue weighted by Gasteiger charge is 2.08. The van der Waals surface area contributed by atoms with Crippen LogP contribution in [0.4, 0.5) is 0 Å². The van der Waals surface area contributed by atoms with E-state index in [1.807, 2.05) is 13.8 Å². The highest BCUT2D eigenvalue weighted by molar-refractivity contribution is 5.90. The molecule has 0 atom stereocenters. The molecule has 1 heterocycles. The Morgan fingerprint density at radius 2 is 2.00 bits per heavy atom. The fourth-order valence-corrected chi connectivity index (χ4v) is 2.24. The topological polar surface area (TPSA) is 96.4 Å². The minimum absolute atomic E-state index is 0.169. The van der Waals surface area contributed by atoms with Crippen LogP contribution in [-0.2, 0) is 16.0 Å². The molecule has 7 heteroatoms. The zero-order valence-electron chi connectivity index (χ0n) is 13.9. The Hall–Kier alpha value is -2.96. The predicted octanol–water partition coefficient (Wildman–Crippen LogP) is 1.90. The second kappa shape index (κ2) is 8.05. The first-order valence-corrected chi connectivity index (χ1v) is 7.52. The molecule has 24 heavy (non-hydrogen) atoms. The molecule has 0 saturated carbocycles. The maximum absolute atomic E-state index is 11.8. The molecule has 2 aromatic rings. The molecule has 2 N–H and O–H groups in total. The molecule has 126 valence electrons. The number of nitrogens with one attached hydrogen (secondary N) is 2. The Kier molecular flexibility index (Phi) is 5.83. The van der Waals surface area contributed by atoms with E-state index in [4.69, 9.17) is 0 Å². The summed E-state index contributed by atoms with van der Waals surface area (Å²) < 4.78 is 4.63. The Bertz CT molecular complexity index is 728. The zero-order valence-corrected chi connectivity index (χ0v) is 13.9. The molecule has 0 aliphatic carbocycles. The number of carbonyl (C=O) groups excluding carboxylic acids is 2. The van der Waals surface area contributed by atoms with Crippen molar-refractivity contribution in [2.45, 2.75) is 26.7 Å². The molecule has 0 radical (unpaired) electrons. The fraction of sp³-hybridized carbons (Fsp3) is 0.294. The Balaban J connectivity index is 1.83. The number of methoxy groups -OCH3 is 1. The van der Waals surface area contributed by atoms with Crippen LogP contribution in [0, 0.1) is 13.8 Å². The van der Waals surface area contributed by atoms with Crippen molar-refractivity contribution in [3.05, 3.63) is 52.3 Å². The Morgan fingerprint density at radius 1 is 1.29 bits per heavy atom. The minimum atomic E-state index is -0.392. The first-order chi connectivity index (χ1) is 11.5. The van der Waals surface area contributed by atoms with Crippen molar-refractivity contribution in [1.29, 1.82) is 0 Å². The number of aryl methyl sites for hydroxylation is 2. The van der Waals surface area contributed by atoms with Crippen LogP contribution in [0.5, 0.6) is 0 Å². The highest BCUT2D eigenvalue weighted by Crippen LogP contribution is 2.11. The van der Waals surface area contributed by atoms with Gasteiger partial charge in [-0.2, -0.15) is 10.2 Å². The van der Waals surface area contributed by atoms with Crippen molar-refractivity contribution in [1.82, 2.24) is 15.6 Å². The van der Waals surface area contributed by atoms with Gasteiger partial charge in [-0.1, -0.05) is 12.1 Å². The van der Waals surface area contributed by atoms with E-state index in [9.17, 15) is 9.59 Å². The molecule has 1 aromatic carbocycles. The Morgan fingerprint density at radius 3 is 2.58 bits per heavy atom. The predicted molar refractivity (Wildman–Crippen MR) is 89.9 cm³/mol. The molecule has 2 rings (SSSR count). The van der Waals surface area contributed by atoms with Gasteiger partial charge in [0.05, 0.1) is 24.6 Å². The third-order valence-electron chi connectivity index (χ3n) is 3.62. The number of aromatic amines is 1. The molecule has 0 aliphatic rings. The summed E-state index contributed by atoms with van der Waals surface area (Å²) >= 11 is 0. The number of carbonyl (C=O) groups is 2. The van der Waals surface area contributed by atoms with Crippen molar-refractivity contribution in [2.24, 2.45) is 5.10 Å². The van der Waals surface area contributed by atoms with Crippen molar-refractivity contribution in [3.8, 4) is 0 Å². The van der Waals surface area contributed by atoms with Gasteiger partial charge >= 0.3 is 5.97 Å². The van der Waals surface area contributed by atoms with Crippen LogP contribution in [0.25, 0.3) is 0 Å². The Labute approximate surface area is 140 Å². The van der Waals surface area contributed by atoms with Crippen LogP contribution in [0.3, 0.4) is 0 Å². The van der Waals surface area contributed by atoms with E-state index in [1.54, 1.807) is 24.3 Å². The van der Waals surface area contributed by atoms with Gasteiger partial charge in [-0.3, -0.25) is 9.89 Å². The van der Waals surface area contributed by atoms with Gasteiger partial charge < -0.3 is 4.74 Å². The molecule has 0 unspecified atom stereocenters. The first kappa shape index (κ1) is 17.4. The average Bonchev–Trinajstić information content (AvgIpc) is 2.91. The van der Waals surface area contributed by atoms with Crippen molar-refractivity contribution in [3.63, 3.8) is 0 Å². The lowest BCUT2D eigenvalue weighted by atomic mass is 10.1. The van der Waals surface area contributed by atoms with Crippen LogP contribution in [0.2, 0.25) is 0 Å². The van der Waals surface area contributed by atoms with Gasteiger partial charge in [-0.05, 0) is 43.5 Å². The number of aromatic nitrogens is 2. The number of hydrazone groups is 1. The first-order valence-electron chi connectivity index (χ1n) is 7.52. The van der Waals surface area contributed by atoms with Gasteiger partial charge in [0.1, 0.15) is 0 Å². The van der Waals surface area contributed by atoms with Crippen molar-refractivity contribution >= 4 is 18.1 Å². The molecule has 7 nitrogen and oxygen atoms in total. The summed E-state index contributed by atoms with van der Waals surface area (Å²) in [6.45, 7) is 3.84. The van der Waals surface area contributed by atoms with Crippen LogP contribution < -0.4 is 5.43 Å². The monoisotopic (exact) mass is 328 g/mol. The van der Waals surface area contributed by atoms with Gasteiger partial charge in [0.15, 0.2) is 0 Å². The number of amides is 1. The molecule has 0 bridgehead atoms. The summed E-state index contributed by atoms with van der Waals surface area (Å²) in [6.07, 6.45) is 2.47. The standard InChI is InChI=1S/C17H20N4O3/c1-11-15(12(2)20-19-11)8-9-16(22)21-18-10-13-4-6-14(7-5-13)17(23)24-3/h4-7,10H,8-9H2,1-3H3,(H,19,20)(H,21,22)/b18-10+. The lowest BCUT2D eigenvalue weighted by Gasteiger charge is -2.01. The van der Waals surface area contributed by atoms with Gasteiger partial charge in [0, 0.05) is 12.1 Å². The third kappa shape index (κ3) is 4.52. The number of H-pyrrole nitrogens is 1. The number of ether oxygens (including phenoxy) is 1. The van der Waals surface area contributed by atoms with Crippen molar-refractivity contribution in [2.75, 3.05) is 7.11 Å². The summed E-state index contributed by atoms with van der Waals surface area (Å²) in [7, 11) is 1.33. The van der Waals surface area contributed by atoms with Gasteiger partial charge in [-0.15, -0.1) is 0 Å². The number of rotatable bonds is 6. The normalized spacial score (nSPS) is 10.8. The quantitative estimate of drug-likeness (QED) is 0.481. The molecular weight excluding hydrogens is 308 g/mol. The van der Waals surface area contributed by atoms with E-state index < -0.39 is 5.97 Å². The number of nitrogens with zero attached hydrogens (tertiary/aromatic N) is 2. The summed E-state index contributed by atoms with van der Waals surface area (Å²) in [5, 5.41) is 10.9. The molecule has 1 aromatic heterocycles. The lowest BCUT2D eigenvalue weighted by molar-refractivity contribution is -0.121. The van der Waals surface area contributed by atoms with Crippen LogP contribution in [0.1, 0.15) is 39.3 Å². The molecule has 0 spiro atoms. The summed E-state index contributed by atoms with van der Waals surface area (Å²) in [5.74, 6) is -0.561. The molecule has 0 aliphatic heterocycles. The van der Waals surface area contributed by atoms with Crippen molar-refractivity contribution < 1.29 is 14.3 Å². The molecule has 1 amide bonds. The van der Waals surface area contributed by atoms with Gasteiger partial charge in [0.2, 0.25) is 5.91 Å². The summed E-state index contributed by atoms with van der Waals surface area (Å²) in [4.78, 5) is 23.1. The van der Waals surface area contributed by atoms with E-state index in [-0.39, 0.29) is 5.91 Å². The SMILES string of the molecule is COC(=O)c1ccc(/C=N/NC(=O)CCc2c(C)n[nH]c2C)cc1. The lowest BCUT2D eigenvalue weighted by Crippen LogP contribution is -2.18. The van der Waals surface area contributed by atoms with Crippen LogP contribution >= 0.6 is 0 Å². The molecule has 0 fully saturated rings. The second-order valence-electron chi connectivity index (χ2n) is 5.32.